The van der Waals surface area contributed by atoms with E-state index in [1.807, 2.05) is 6.07 Å². The largest absolute Gasteiger partial charge is 0.496 e. The first-order chi connectivity index (χ1) is 8.67. The SMILES string of the molecule is CCOC(=O)c1cc2c(Br)ccnc2cc1OC. The van der Waals surface area contributed by atoms with E-state index in [0.29, 0.717) is 17.9 Å². The van der Waals surface area contributed by atoms with Crippen molar-refractivity contribution in [2.24, 2.45) is 0 Å². The maximum absolute atomic E-state index is 11.8. The smallest absolute Gasteiger partial charge is 0.341 e. The molecule has 4 nitrogen and oxygen atoms in total. The summed E-state index contributed by atoms with van der Waals surface area (Å²) in [5.74, 6) is 0.0681. The second-order valence-corrected chi connectivity index (χ2v) is 4.44. The molecule has 0 atom stereocenters. The zero-order valence-corrected chi connectivity index (χ0v) is 11.7. The molecular weight excluding hydrogens is 298 g/mol. The number of pyridine rings is 1. The number of carbonyl (C=O) groups is 1. The van der Waals surface area contributed by atoms with Crippen LogP contribution < -0.4 is 4.74 Å². The first-order valence-electron chi connectivity index (χ1n) is 5.46. The summed E-state index contributed by atoms with van der Waals surface area (Å²) in [6.07, 6.45) is 1.69. The predicted molar refractivity (Wildman–Crippen MR) is 72.0 cm³/mol. The van der Waals surface area contributed by atoms with Crippen molar-refractivity contribution in [2.75, 3.05) is 13.7 Å². The van der Waals surface area contributed by atoms with Gasteiger partial charge in [0.05, 0.1) is 19.2 Å². The van der Waals surface area contributed by atoms with Crippen LogP contribution in [0.3, 0.4) is 0 Å². The zero-order chi connectivity index (χ0) is 13.1. The first-order valence-corrected chi connectivity index (χ1v) is 6.26. The van der Waals surface area contributed by atoms with Crippen molar-refractivity contribution in [1.82, 2.24) is 4.98 Å². The second kappa shape index (κ2) is 5.35. The van der Waals surface area contributed by atoms with Crippen LogP contribution in [0.4, 0.5) is 0 Å². The molecule has 0 radical (unpaired) electrons. The van der Waals surface area contributed by atoms with Crippen molar-refractivity contribution in [1.29, 1.82) is 0 Å². The lowest BCUT2D eigenvalue weighted by atomic mass is 10.1. The molecule has 0 saturated carbocycles. The lowest BCUT2D eigenvalue weighted by Crippen LogP contribution is -2.07. The Hall–Kier alpha value is -1.62. The third-order valence-corrected chi connectivity index (χ3v) is 3.20. The first kappa shape index (κ1) is 12.8. The van der Waals surface area contributed by atoms with Gasteiger partial charge in [0.15, 0.2) is 0 Å². The number of hydrogen-bond donors (Lipinski definition) is 0. The summed E-state index contributed by atoms with van der Waals surface area (Å²) in [7, 11) is 1.52. The Morgan fingerprint density at radius 1 is 1.44 bits per heavy atom. The number of carbonyl (C=O) groups excluding carboxylic acids is 1. The Morgan fingerprint density at radius 3 is 2.89 bits per heavy atom. The molecule has 0 amide bonds. The van der Waals surface area contributed by atoms with Crippen LogP contribution in [0.25, 0.3) is 10.9 Å². The fourth-order valence-corrected chi connectivity index (χ4v) is 2.11. The zero-order valence-electron chi connectivity index (χ0n) is 10.1. The normalized spacial score (nSPS) is 10.4. The third-order valence-electron chi connectivity index (χ3n) is 2.50. The van der Waals surface area contributed by atoms with Crippen molar-refractivity contribution >= 4 is 32.8 Å². The van der Waals surface area contributed by atoms with Gasteiger partial charge in [-0.15, -0.1) is 0 Å². The highest BCUT2D eigenvalue weighted by Crippen LogP contribution is 2.29. The van der Waals surface area contributed by atoms with Crippen LogP contribution in [0, 0.1) is 0 Å². The third kappa shape index (κ3) is 2.31. The van der Waals surface area contributed by atoms with Gasteiger partial charge in [0.25, 0.3) is 0 Å². The van der Waals surface area contributed by atoms with Crippen molar-refractivity contribution in [3.63, 3.8) is 0 Å². The molecule has 0 aliphatic rings. The van der Waals surface area contributed by atoms with Crippen LogP contribution in [0.5, 0.6) is 5.75 Å². The number of methoxy groups -OCH3 is 1. The number of rotatable bonds is 3. The second-order valence-electron chi connectivity index (χ2n) is 3.58. The molecule has 0 aliphatic heterocycles. The highest BCUT2D eigenvalue weighted by Gasteiger charge is 2.15. The summed E-state index contributed by atoms with van der Waals surface area (Å²) in [4.78, 5) is 16.1. The van der Waals surface area contributed by atoms with Crippen LogP contribution in [-0.2, 0) is 4.74 Å². The highest BCUT2D eigenvalue weighted by atomic mass is 79.9. The number of esters is 1. The van der Waals surface area contributed by atoms with E-state index in [1.54, 1.807) is 25.3 Å². The van der Waals surface area contributed by atoms with Gasteiger partial charge >= 0.3 is 5.97 Å². The minimum absolute atomic E-state index is 0.328. The van der Waals surface area contributed by atoms with Gasteiger partial charge < -0.3 is 9.47 Å². The van der Waals surface area contributed by atoms with Crippen LogP contribution in [0.15, 0.2) is 28.9 Å². The Kier molecular flexibility index (Phi) is 3.81. The minimum Gasteiger partial charge on any atom is -0.496 e. The number of ether oxygens (including phenoxy) is 2. The van der Waals surface area contributed by atoms with Gasteiger partial charge in [-0.05, 0) is 19.1 Å². The number of benzene rings is 1. The molecule has 0 fully saturated rings. The van der Waals surface area contributed by atoms with Crippen molar-refractivity contribution in [3.8, 4) is 5.75 Å². The summed E-state index contributed by atoms with van der Waals surface area (Å²) in [6.45, 7) is 2.09. The molecule has 0 spiro atoms. The molecule has 0 unspecified atom stereocenters. The summed E-state index contributed by atoms with van der Waals surface area (Å²) < 4.78 is 11.1. The van der Waals surface area contributed by atoms with E-state index in [1.165, 1.54) is 7.11 Å². The molecule has 0 saturated heterocycles. The molecule has 94 valence electrons. The molecule has 2 rings (SSSR count). The van der Waals surface area contributed by atoms with Crippen molar-refractivity contribution < 1.29 is 14.3 Å². The van der Waals surface area contributed by atoms with Crippen LogP contribution in [0.1, 0.15) is 17.3 Å². The van der Waals surface area contributed by atoms with E-state index in [4.69, 9.17) is 9.47 Å². The van der Waals surface area contributed by atoms with Gasteiger partial charge in [0.2, 0.25) is 0 Å². The lowest BCUT2D eigenvalue weighted by Gasteiger charge is -2.09. The molecule has 1 aromatic carbocycles. The van der Waals surface area contributed by atoms with E-state index in [0.717, 1.165) is 15.4 Å². The Morgan fingerprint density at radius 2 is 2.22 bits per heavy atom. The summed E-state index contributed by atoms with van der Waals surface area (Å²) in [6, 6.07) is 5.28. The highest BCUT2D eigenvalue weighted by molar-refractivity contribution is 9.10. The molecule has 0 bridgehead atoms. The molecule has 2 aromatic rings. The van der Waals surface area contributed by atoms with E-state index < -0.39 is 5.97 Å². The monoisotopic (exact) mass is 309 g/mol. The number of halogens is 1. The molecular formula is C13H12BrNO3. The number of fused-ring (bicyclic) bond motifs is 1. The van der Waals surface area contributed by atoms with Gasteiger partial charge in [-0.3, -0.25) is 4.98 Å². The molecule has 0 aliphatic carbocycles. The summed E-state index contributed by atoms with van der Waals surface area (Å²) in [5.41, 5.74) is 1.16. The van der Waals surface area contributed by atoms with Crippen LogP contribution in [-0.4, -0.2) is 24.7 Å². The molecule has 0 N–H and O–H groups in total. The van der Waals surface area contributed by atoms with Gasteiger partial charge in [0, 0.05) is 22.1 Å². The fraction of sp³-hybridized carbons (Fsp3) is 0.231. The van der Waals surface area contributed by atoms with E-state index in [9.17, 15) is 4.79 Å². The minimum atomic E-state index is -0.396. The Bertz CT molecular complexity index is 598. The summed E-state index contributed by atoms with van der Waals surface area (Å²) >= 11 is 3.43. The average Bonchev–Trinajstić information content (AvgIpc) is 2.38. The molecule has 1 aromatic heterocycles. The topological polar surface area (TPSA) is 48.4 Å². The Labute approximate surface area is 113 Å². The van der Waals surface area contributed by atoms with E-state index in [2.05, 4.69) is 20.9 Å². The van der Waals surface area contributed by atoms with Gasteiger partial charge in [0.1, 0.15) is 11.3 Å². The Balaban J connectivity index is 2.64. The van der Waals surface area contributed by atoms with E-state index in [-0.39, 0.29) is 0 Å². The van der Waals surface area contributed by atoms with Gasteiger partial charge in [-0.25, -0.2) is 4.79 Å². The lowest BCUT2D eigenvalue weighted by molar-refractivity contribution is 0.0523. The fourth-order valence-electron chi connectivity index (χ4n) is 1.68. The number of hydrogen-bond acceptors (Lipinski definition) is 4. The molecule has 5 heteroatoms. The quantitative estimate of drug-likeness (QED) is 0.817. The van der Waals surface area contributed by atoms with Crippen molar-refractivity contribution in [2.45, 2.75) is 6.92 Å². The van der Waals surface area contributed by atoms with Crippen LogP contribution in [0.2, 0.25) is 0 Å². The van der Waals surface area contributed by atoms with E-state index >= 15 is 0 Å². The number of aromatic nitrogens is 1. The summed E-state index contributed by atoms with van der Waals surface area (Å²) in [5, 5.41) is 0.848. The van der Waals surface area contributed by atoms with Crippen LogP contribution >= 0.6 is 15.9 Å². The maximum Gasteiger partial charge on any atom is 0.341 e. The number of nitrogens with zero attached hydrogens (tertiary/aromatic N) is 1. The average molecular weight is 310 g/mol. The van der Waals surface area contributed by atoms with Gasteiger partial charge in [-0.2, -0.15) is 0 Å². The standard InChI is InChI=1S/C13H12BrNO3/c1-3-18-13(16)9-6-8-10(14)4-5-15-11(8)7-12(9)17-2/h4-7H,3H2,1-2H3. The molecule has 18 heavy (non-hydrogen) atoms. The maximum atomic E-state index is 11.8. The van der Waals surface area contributed by atoms with Crippen molar-refractivity contribution in [3.05, 3.63) is 34.4 Å². The molecule has 1 heterocycles. The predicted octanol–water partition coefficient (Wildman–Crippen LogP) is 3.18. The van der Waals surface area contributed by atoms with Gasteiger partial charge in [-0.1, -0.05) is 15.9 Å².